The molecule has 58 heavy (non-hydrogen) atoms. The van der Waals surface area contributed by atoms with Crippen LogP contribution in [0, 0.1) is 6.92 Å². The van der Waals surface area contributed by atoms with Crippen molar-refractivity contribution in [3.8, 4) is 0 Å². The lowest BCUT2D eigenvalue weighted by Gasteiger charge is -2.37. The molecule has 0 saturated heterocycles. The number of sulfonamides is 1. The van der Waals surface area contributed by atoms with Crippen LogP contribution in [-0.2, 0) is 24.3 Å². The van der Waals surface area contributed by atoms with Crippen LogP contribution in [-0.4, -0.2) is 91.5 Å². The van der Waals surface area contributed by atoms with E-state index in [2.05, 4.69) is 22.3 Å². The van der Waals surface area contributed by atoms with Gasteiger partial charge < -0.3 is 14.6 Å². The molecule has 0 spiro atoms. The maximum atomic E-state index is 14.3. The highest BCUT2D eigenvalue weighted by atomic mass is 32.2. The summed E-state index contributed by atoms with van der Waals surface area (Å²) < 4.78 is 181. The van der Waals surface area contributed by atoms with Crippen molar-refractivity contribution >= 4 is 39.6 Å². The molecule has 1 atom stereocenters. The zero-order valence-corrected chi connectivity index (χ0v) is 33.0. The van der Waals surface area contributed by atoms with Gasteiger partial charge in [-0.15, -0.1) is 0 Å². The van der Waals surface area contributed by atoms with E-state index < -0.39 is 80.9 Å². The number of carbonyl (C=O) groups is 3. The van der Waals surface area contributed by atoms with Gasteiger partial charge in [-0.3, -0.25) is 15.4 Å². The number of aryl methyl sites for hydroxylation is 1. The first-order valence-corrected chi connectivity index (χ1v) is 19.9. The van der Waals surface area contributed by atoms with E-state index in [9.17, 15) is 71.1 Å². The molecule has 0 aliphatic heterocycles. The molecular weight excluding hydrogens is 831 g/mol. The summed E-state index contributed by atoms with van der Waals surface area (Å²) in [6.45, 7) is 0.824. The highest BCUT2D eigenvalue weighted by Crippen LogP contribution is 2.58. The van der Waals surface area contributed by atoms with Gasteiger partial charge in [0, 0.05) is 31.4 Å². The highest BCUT2D eigenvalue weighted by molar-refractivity contribution is 7.90. The van der Waals surface area contributed by atoms with E-state index in [1.165, 1.54) is 25.1 Å². The summed E-state index contributed by atoms with van der Waals surface area (Å²) in [6.07, 6.45) is 2.26. The summed E-state index contributed by atoms with van der Waals surface area (Å²) >= 11 is 0. The maximum absolute atomic E-state index is 14.3. The molecule has 2 amide bonds. The summed E-state index contributed by atoms with van der Waals surface area (Å²) in [6, 6.07) is 4.15. The van der Waals surface area contributed by atoms with Crippen LogP contribution < -0.4 is 10.6 Å². The van der Waals surface area contributed by atoms with Crippen LogP contribution in [0.5, 0.6) is 0 Å². The quantitative estimate of drug-likeness (QED) is 0.0584. The van der Waals surface area contributed by atoms with Crippen LogP contribution >= 0.6 is 0 Å². The number of aliphatic carboxylic acids is 1. The Bertz CT molecular complexity index is 1580. The number of nitrogens with zero attached hydrogens (tertiary/aromatic N) is 1. The van der Waals surface area contributed by atoms with E-state index in [1.807, 2.05) is 0 Å². The lowest BCUT2D eigenvalue weighted by Crippen LogP contribution is -2.69. The zero-order valence-electron chi connectivity index (χ0n) is 32.1. The van der Waals surface area contributed by atoms with Crippen molar-refractivity contribution in [3.05, 3.63) is 23.8 Å². The topological polar surface area (TPSA) is 151 Å². The first kappa shape index (κ1) is 52.4. The summed E-state index contributed by atoms with van der Waals surface area (Å²) in [7, 11) is -7.04. The number of hydrogen-bond acceptors (Lipinski definition) is 7. The van der Waals surface area contributed by atoms with Gasteiger partial charge in [-0.05, 0) is 56.7 Å². The predicted molar refractivity (Wildman–Crippen MR) is 190 cm³/mol. The molecule has 0 saturated carbocycles. The third-order valence-electron chi connectivity index (χ3n) is 8.92. The fourth-order valence-corrected chi connectivity index (χ4v) is 6.51. The number of anilines is 2. The Morgan fingerprint density at radius 3 is 1.78 bits per heavy atom. The SMILES string of the molecule is CCCCCCC(CCCCCCCCCCC(=O)O)OC(=O)Nc1ccc(C)c(NC(=O)OCCN(C)S(=O)(=O)C(F)(F)C(F)(F)C(F)(F)C(F)(F)C(F)(F)F)c1. The standard InChI is InChI=1S/C35H50F11N3O8S/c1-4-5-6-13-16-26(17-14-11-9-7-8-10-12-15-18-28(50)51)57-30(53)47-25-20-19-24(2)27(23-25)48-29(52)56-22-21-49(3)58(54,55)35(45,46)33(40,41)31(36,37)32(38,39)34(42,43)44/h19-20,23,26H,4-18,21-22H2,1-3H3,(H,47,53)(H,48,52)(H,50,51). The second-order valence-corrected chi connectivity index (χ2v) is 15.7. The van der Waals surface area contributed by atoms with Crippen molar-refractivity contribution in [1.82, 2.24) is 4.31 Å². The minimum Gasteiger partial charge on any atom is -0.481 e. The van der Waals surface area contributed by atoms with E-state index in [4.69, 9.17) is 9.84 Å². The molecule has 1 aromatic rings. The van der Waals surface area contributed by atoms with Crippen molar-refractivity contribution in [2.24, 2.45) is 0 Å². The maximum Gasteiger partial charge on any atom is 0.460 e. The van der Waals surface area contributed by atoms with Crippen LogP contribution in [0.2, 0.25) is 0 Å². The zero-order chi connectivity index (χ0) is 44.6. The molecule has 1 aromatic carbocycles. The number of ether oxygens (including phenoxy) is 2. The molecule has 0 aliphatic carbocycles. The van der Waals surface area contributed by atoms with Crippen LogP contribution in [0.4, 0.5) is 69.3 Å². The molecule has 1 unspecified atom stereocenters. The van der Waals surface area contributed by atoms with E-state index in [1.54, 1.807) is 0 Å². The number of benzene rings is 1. The van der Waals surface area contributed by atoms with Gasteiger partial charge in [0.1, 0.15) is 12.7 Å². The Morgan fingerprint density at radius 2 is 1.26 bits per heavy atom. The van der Waals surface area contributed by atoms with Gasteiger partial charge in [0.25, 0.3) is 10.0 Å². The molecule has 23 heteroatoms. The van der Waals surface area contributed by atoms with Crippen LogP contribution in [0.3, 0.4) is 0 Å². The second-order valence-electron chi connectivity index (χ2n) is 13.6. The number of carboxylic acid groups (broad SMARTS) is 1. The summed E-state index contributed by atoms with van der Waals surface area (Å²) in [5, 5.41) is 6.19. The molecule has 0 fully saturated rings. The Hall–Kier alpha value is -3.63. The first-order valence-electron chi connectivity index (χ1n) is 18.4. The predicted octanol–water partition coefficient (Wildman–Crippen LogP) is 10.7. The number of likely N-dealkylation sites (N-methyl/N-ethyl adjacent to an activating group) is 1. The largest absolute Gasteiger partial charge is 0.481 e. The number of amides is 2. The minimum absolute atomic E-state index is 0.0132. The number of nitrogens with one attached hydrogen (secondary N) is 2. The Morgan fingerprint density at radius 1 is 0.741 bits per heavy atom. The van der Waals surface area contributed by atoms with Gasteiger partial charge in [0.2, 0.25) is 0 Å². The van der Waals surface area contributed by atoms with Gasteiger partial charge in [-0.1, -0.05) is 70.8 Å². The fraction of sp³-hybridized carbons (Fsp3) is 0.743. The molecule has 0 aliphatic rings. The summed E-state index contributed by atoms with van der Waals surface area (Å²) in [4.78, 5) is 35.8. The molecular formula is C35H50F11N3O8S. The molecule has 0 bridgehead atoms. The number of unbranched alkanes of at least 4 members (excludes halogenated alkanes) is 10. The third kappa shape index (κ3) is 14.6. The third-order valence-corrected chi connectivity index (χ3v) is 10.8. The molecule has 11 nitrogen and oxygen atoms in total. The number of carboxylic acids is 1. The van der Waals surface area contributed by atoms with Crippen molar-refractivity contribution in [1.29, 1.82) is 0 Å². The average molecular weight is 882 g/mol. The van der Waals surface area contributed by atoms with E-state index in [0.717, 1.165) is 70.6 Å². The van der Waals surface area contributed by atoms with Crippen molar-refractivity contribution in [3.63, 3.8) is 0 Å². The summed E-state index contributed by atoms with van der Waals surface area (Å²) in [5.41, 5.74) is 0.477. The van der Waals surface area contributed by atoms with Crippen molar-refractivity contribution in [2.75, 3.05) is 30.8 Å². The monoisotopic (exact) mass is 881 g/mol. The molecule has 0 aromatic heterocycles. The number of halogens is 11. The Labute approximate surface area is 329 Å². The van der Waals surface area contributed by atoms with E-state index in [-0.39, 0.29) is 24.8 Å². The lowest BCUT2D eigenvalue weighted by molar-refractivity contribution is -0.413. The van der Waals surface area contributed by atoms with Gasteiger partial charge in [-0.2, -0.15) is 52.6 Å². The van der Waals surface area contributed by atoms with Crippen LogP contribution in [0.25, 0.3) is 0 Å². The summed E-state index contributed by atoms with van der Waals surface area (Å²) in [5.74, 6) is -24.3. The second kappa shape index (κ2) is 22.7. The Kier molecular flexibility index (Phi) is 20.5. The van der Waals surface area contributed by atoms with Crippen molar-refractivity contribution < 1.29 is 85.7 Å². The molecule has 336 valence electrons. The number of alkyl halides is 11. The Balaban J connectivity index is 2.81. The molecule has 0 heterocycles. The first-order chi connectivity index (χ1) is 26.7. The van der Waals surface area contributed by atoms with Gasteiger partial charge in [0.05, 0.1) is 0 Å². The number of hydrogen-bond donors (Lipinski definition) is 3. The highest BCUT2D eigenvalue weighted by Gasteiger charge is 2.89. The van der Waals surface area contributed by atoms with Gasteiger partial charge in [0.15, 0.2) is 0 Å². The van der Waals surface area contributed by atoms with E-state index in [0.29, 0.717) is 24.8 Å². The molecule has 1 rings (SSSR count). The fourth-order valence-electron chi connectivity index (χ4n) is 5.35. The van der Waals surface area contributed by atoms with Crippen molar-refractivity contribution in [2.45, 2.75) is 145 Å². The molecule has 0 radical (unpaired) electrons. The number of carbonyl (C=O) groups excluding carboxylic acids is 2. The van der Waals surface area contributed by atoms with Gasteiger partial charge in [-0.25, -0.2) is 18.0 Å². The van der Waals surface area contributed by atoms with Crippen LogP contribution in [0.15, 0.2) is 18.2 Å². The van der Waals surface area contributed by atoms with Crippen LogP contribution in [0.1, 0.15) is 109 Å². The molecule has 3 N–H and O–H groups in total. The number of rotatable bonds is 27. The van der Waals surface area contributed by atoms with Gasteiger partial charge >= 0.3 is 47.4 Å². The van der Waals surface area contributed by atoms with E-state index >= 15 is 0 Å². The smallest absolute Gasteiger partial charge is 0.460 e. The normalized spacial score (nSPS) is 13.6. The lowest BCUT2D eigenvalue weighted by atomic mass is 10.0. The average Bonchev–Trinajstić information content (AvgIpc) is 3.11. The minimum atomic E-state index is -7.94.